The van der Waals surface area contributed by atoms with E-state index in [-0.39, 0.29) is 15.8 Å². The van der Waals surface area contributed by atoms with Crippen molar-refractivity contribution in [1.29, 1.82) is 0 Å². The second-order valence-corrected chi connectivity index (χ2v) is 9.48. The summed E-state index contributed by atoms with van der Waals surface area (Å²) in [5, 5.41) is 9.08. The Labute approximate surface area is 141 Å². The first-order valence-corrected chi connectivity index (χ1v) is 10.4. The summed E-state index contributed by atoms with van der Waals surface area (Å²) in [7, 11) is -7.74. The minimum absolute atomic E-state index is 0.0352. The molecule has 1 aromatic rings. The van der Waals surface area contributed by atoms with Crippen molar-refractivity contribution in [3.63, 3.8) is 0 Å². The molecule has 1 aromatic carbocycles. The molecule has 1 aliphatic carbocycles. The normalized spacial score (nSPS) is 17.0. The number of rotatable bonds is 8. The van der Waals surface area contributed by atoms with Crippen LogP contribution >= 0.6 is 0 Å². The van der Waals surface area contributed by atoms with Crippen LogP contribution in [-0.4, -0.2) is 40.0 Å². The van der Waals surface area contributed by atoms with Crippen molar-refractivity contribution in [2.45, 2.75) is 48.6 Å². The second kappa shape index (κ2) is 6.79. The minimum Gasteiger partial charge on any atom is -0.480 e. The predicted octanol–water partition coefficient (Wildman–Crippen LogP) is 0.515. The third kappa shape index (κ3) is 4.53. The number of sulfonamides is 2. The molecule has 0 spiro atoms. The zero-order valence-corrected chi connectivity index (χ0v) is 14.9. The molecule has 2 rings (SSSR count). The molecule has 8 nitrogen and oxygen atoms in total. The van der Waals surface area contributed by atoms with Crippen molar-refractivity contribution in [3.05, 3.63) is 24.3 Å². The first-order chi connectivity index (χ1) is 11.0. The molecule has 1 aliphatic rings. The number of hydrogen-bond acceptors (Lipinski definition) is 5. The van der Waals surface area contributed by atoms with E-state index >= 15 is 0 Å². The molecule has 0 unspecified atom stereocenters. The first-order valence-electron chi connectivity index (χ1n) is 7.40. The van der Waals surface area contributed by atoms with Crippen LogP contribution in [0.2, 0.25) is 0 Å². The summed E-state index contributed by atoms with van der Waals surface area (Å²) in [5.41, 5.74) is 0. The van der Waals surface area contributed by atoms with Gasteiger partial charge in [0.1, 0.15) is 6.04 Å². The van der Waals surface area contributed by atoms with Crippen molar-refractivity contribution in [2.75, 3.05) is 0 Å². The zero-order valence-electron chi connectivity index (χ0n) is 13.3. The van der Waals surface area contributed by atoms with E-state index in [9.17, 15) is 21.6 Å². The fourth-order valence-electron chi connectivity index (χ4n) is 1.99. The first kappa shape index (κ1) is 18.8. The lowest BCUT2D eigenvalue weighted by molar-refractivity contribution is -0.140. The Kier molecular flexibility index (Phi) is 5.33. The van der Waals surface area contributed by atoms with Crippen molar-refractivity contribution in [2.24, 2.45) is 5.92 Å². The zero-order chi connectivity index (χ0) is 18.1. The summed E-state index contributed by atoms with van der Waals surface area (Å²) in [5.74, 6) is -1.72. The molecular formula is C14H20N2O6S2. The highest BCUT2D eigenvalue weighted by Crippen LogP contribution is 2.23. The van der Waals surface area contributed by atoms with Gasteiger partial charge in [0.05, 0.1) is 9.79 Å². The van der Waals surface area contributed by atoms with Crippen LogP contribution in [0, 0.1) is 5.92 Å². The van der Waals surface area contributed by atoms with Crippen LogP contribution in [0.15, 0.2) is 34.1 Å². The SMILES string of the molecule is CC(C)[C@@H](NS(=O)(=O)c1ccc(S(=O)(=O)NC2CC2)cc1)C(=O)O. The van der Waals surface area contributed by atoms with E-state index in [4.69, 9.17) is 5.11 Å². The van der Waals surface area contributed by atoms with Crippen LogP contribution < -0.4 is 9.44 Å². The summed E-state index contributed by atoms with van der Waals surface area (Å²) in [4.78, 5) is 10.9. The standard InChI is InChI=1S/C14H20N2O6S2/c1-9(2)13(14(17)18)16-24(21,22)12-7-5-11(6-8-12)23(19,20)15-10-3-4-10/h5-10,13,15-16H,3-4H2,1-2H3,(H,17,18)/t13-/m1/s1. The lowest BCUT2D eigenvalue weighted by Crippen LogP contribution is -2.44. The van der Waals surface area contributed by atoms with Gasteiger partial charge in [0.2, 0.25) is 20.0 Å². The molecule has 0 saturated heterocycles. The van der Waals surface area contributed by atoms with E-state index in [1.54, 1.807) is 13.8 Å². The third-order valence-electron chi connectivity index (χ3n) is 3.56. The summed E-state index contributed by atoms with van der Waals surface area (Å²) >= 11 is 0. The molecule has 0 amide bonds. The van der Waals surface area contributed by atoms with Crippen LogP contribution in [0.4, 0.5) is 0 Å². The minimum atomic E-state index is -4.07. The van der Waals surface area contributed by atoms with Crippen LogP contribution in [0.5, 0.6) is 0 Å². The average Bonchev–Trinajstić information content (AvgIpc) is 3.27. The van der Waals surface area contributed by atoms with Crippen LogP contribution in [0.3, 0.4) is 0 Å². The van der Waals surface area contributed by atoms with Gasteiger partial charge >= 0.3 is 5.97 Å². The van der Waals surface area contributed by atoms with Gasteiger partial charge in [-0.2, -0.15) is 4.72 Å². The molecule has 0 bridgehead atoms. The molecule has 24 heavy (non-hydrogen) atoms. The van der Waals surface area contributed by atoms with Crippen molar-refractivity contribution in [1.82, 2.24) is 9.44 Å². The number of carbonyl (C=O) groups is 1. The maximum Gasteiger partial charge on any atom is 0.322 e. The molecule has 0 aromatic heterocycles. The summed E-state index contributed by atoms with van der Waals surface area (Å²) in [6, 6.07) is 3.33. The highest BCUT2D eigenvalue weighted by Gasteiger charge is 2.30. The van der Waals surface area contributed by atoms with E-state index in [1.165, 1.54) is 12.1 Å². The second-order valence-electron chi connectivity index (χ2n) is 6.05. The Bertz CT molecular complexity index is 811. The molecule has 3 N–H and O–H groups in total. The van der Waals surface area contributed by atoms with E-state index in [0.29, 0.717) is 0 Å². The number of hydrogen-bond donors (Lipinski definition) is 3. The topological polar surface area (TPSA) is 130 Å². The van der Waals surface area contributed by atoms with Crippen molar-refractivity contribution in [3.8, 4) is 0 Å². The number of benzene rings is 1. The smallest absolute Gasteiger partial charge is 0.322 e. The van der Waals surface area contributed by atoms with E-state index < -0.39 is 38.0 Å². The van der Waals surface area contributed by atoms with Gasteiger partial charge in [-0.15, -0.1) is 0 Å². The highest BCUT2D eigenvalue weighted by molar-refractivity contribution is 7.90. The Hall–Kier alpha value is -1.49. The molecule has 0 aliphatic heterocycles. The molecule has 0 heterocycles. The number of aliphatic carboxylic acids is 1. The van der Waals surface area contributed by atoms with Crippen molar-refractivity contribution >= 4 is 26.0 Å². The van der Waals surface area contributed by atoms with Gasteiger partial charge in [-0.25, -0.2) is 21.6 Å². The summed E-state index contributed by atoms with van der Waals surface area (Å²) in [6.45, 7) is 3.17. The molecule has 134 valence electrons. The van der Waals surface area contributed by atoms with Gasteiger partial charge in [0, 0.05) is 6.04 Å². The summed E-state index contributed by atoms with van der Waals surface area (Å²) in [6.07, 6.45) is 1.59. The quantitative estimate of drug-likeness (QED) is 0.606. The third-order valence-corrected chi connectivity index (χ3v) is 6.55. The molecular weight excluding hydrogens is 356 g/mol. The summed E-state index contributed by atoms with van der Waals surface area (Å²) < 4.78 is 53.2. The largest absolute Gasteiger partial charge is 0.480 e. The Balaban J connectivity index is 2.21. The van der Waals surface area contributed by atoms with Gasteiger partial charge in [-0.1, -0.05) is 13.8 Å². The fourth-order valence-corrected chi connectivity index (χ4v) is 4.64. The van der Waals surface area contributed by atoms with E-state index in [0.717, 1.165) is 25.0 Å². The fraction of sp³-hybridized carbons (Fsp3) is 0.500. The van der Waals surface area contributed by atoms with E-state index in [2.05, 4.69) is 9.44 Å². The van der Waals surface area contributed by atoms with Crippen LogP contribution in [0.25, 0.3) is 0 Å². The lowest BCUT2D eigenvalue weighted by atomic mass is 10.1. The van der Waals surface area contributed by atoms with Gasteiger partial charge in [-0.3, -0.25) is 4.79 Å². The predicted molar refractivity (Wildman–Crippen MR) is 86.4 cm³/mol. The monoisotopic (exact) mass is 376 g/mol. The molecule has 10 heteroatoms. The Morgan fingerprint density at radius 1 is 1.04 bits per heavy atom. The van der Waals surface area contributed by atoms with Crippen molar-refractivity contribution < 1.29 is 26.7 Å². The van der Waals surface area contributed by atoms with E-state index in [1.807, 2.05) is 0 Å². The highest BCUT2D eigenvalue weighted by atomic mass is 32.2. The van der Waals surface area contributed by atoms with Gasteiger partial charge in [0.25, 0.3) is 0 Å². The number of nitrogens with one attached hydrogen (secondary N) is 2. The van der Waals surface area contributed by atoms with Gasteiger partial charge in [-0.05, 0) is 43.0 Å². The van der Waals surface area contributed by atoms with Crippen LogP contribution in [-0.2, 0) is 24.8 Å². The maximum absolute atomic E-state index is 12.3. The molecule has 0 radical (unpaired) electrons. The van der Waals surface area contributed by atoms with Gasteiger partial charge < -0.3 is 5.11 Å². The lowest BCUT2D eigenvalue weighted by Gasteiger charge is -2.18. The van der Waals surface area contributed by atoms with Gasteiger partial charge in [0.15, 0.2) is 0 Å². The molecule has 1 saturated carbocycles. The molecule has 1 fully saturated rings. The van der Waals surface area contributed by atoms with Crippen LogP contribution in [0.1, 0.15) is 26.7 Å². The number of carboxylic acids is 1. The maximum atomic E-state index is 12.3. The Morgan fingerprint density at radius 3 is 1.88 bits per heavy atom. The Morgan fingerprint density at radius 2 is 1.50 bits per heavy atom. The number of carboxylic acid groups (broad SMARTS) is 1. The molecule has 1 atom stereocenters. The average molecular weight is 376 g/mol.